The molecule has 0 aromatic heterocycles. The lowest BCUT2D eigenvalue weighted by Crippen LogP contribution is -2.20. The van der Waals surface area contributed by atoms with E-state index in [0.717, 1.165) is 33.5 Å². The molecule has 0 spiro atoms. The van der Waals surface area contributed by atoms with Crippen molar-refractivity contribution in [3.05, 3.63) is 57.1 Å². The van der Waals surface area contributed by atoms with E-state index in [-0.39, 0.29) is 12.5 Å². The van der Waals surface area contributed by atoms with Crippen LogP contribution in [0.2, 0.25) is 0 Å². The maximum absolute atomic E-state index is 12.2. The molecule has 0 saturated carbocycles. The van der Waals surface area contributed by atoms with Gasteiger partial charge in [-0.3, -0.25) is 4.79 Å². The summed E-state index contributed by atoms with van der Waals surface area (Å²) < 4.78 is 6.62. The average molecular weight is 404 g/mol. The molecule has 0 aliphatic rings. The first kappa shape index (κ1) is 19.5. The largest absolute Gasteiger partial charge is 0.483 e. The molecule has 0 aliphatic heterocycles. The lowest BCUT2D eigenvalue weighted by atomic mass is 10.1. The van der Waals surface area contributed by atoms with Gasteiger partial charge in [-0.1, -0.05) is 25.5 Å². The quantitative estimate of drug-likeness (QED) is 0.640. The molecule has 0 saturated heterocycles. The number of benzene rings is 2. The van der Waals surface area contributed by atoms with Crippen molar-refractivity contribution in [2.24, 2.45) is 0 Å². The standard InChI is InChI=1S/C21H26BrNO2/c1-5-6-7-17-8-9-19(18(22)12-17)23-21(24)13-25-20-11-14(2)10-15(3)16(20)4/h8-12H,5-7,13H2,1-4H3,(H,23,24). The van der Waals surface area contributed by atoms with Crippen molar-refractivity contribution in [1.82, 2.24) is 0 Å². The highest BCUT2D eigenvalue weighted by molar-refractivity contribution is 9.10. The lowest BCUT2D eigenvalue weighted by molar-refractivity contribution is -0.118. The van der Waals surface area contributed by atoms with Gasteiger partial charge in [0, 0.05) is 4.47 Å². The Morgan fingerprint density at radius 3 is 2.60 bits per heavy atom. The monoisotopic (exact) mass is 403 g/mol. The van der Waals surface area contributed by atoms with Crippen LogP contribution in [0.3, 0.4) is 0 Å². The van der Waals surface area contributed by atoms with Gasteiger partial charge in [-0.2, -0.15) is 0 Å². The van der Waals surface area contributed by atoms with Gasteiger partial charge in [0.25, 0.3) is 5.91 Å². The van der Waals surface area contributed by atoms with Crippen LogP contribution in [0, 0.1) is 20.8 Å². The van der Waals surface area contributed by atoms with Gasteiger partial charge in [0.15, 0.2) is 6.61 Å². The van der Waals surface area contributed by atoms with E-state index in [1.807, 2.05) is 32.9 Å². The molecule has 0 aliphatic carbocycles. The number of anilines is 1. The Bertz CT molecular complexity index is 756. The maximum atomic E-state index is 12.2. The van der Waals surface area contributed by atoms with Crippen LogP contribution in [0.1, 0.15) is 42.0 Å². The highest BCUT2D eigenvalue weighted by Crippen LogP contribution is 2.25. The summed E-state index contributed by atoms with van der Waals surface area (Å²) in [5.41, 5.74) is 5.41. The molecule has 0 fully saturated rings. The second-order valence-electron chi connectivity index (χ2n) is 6.46. The number of ether oxygens (including phenoxy) is 1. The SMILES string of the molecule is CCCCc1ccc(NC(=O)COc2cc(C)cc(C)c2C)c(Br)c1. The van der Waals surface area contributed by atoms with E-state index in [1.165, 1.54) is 24.0 Å². The fourth-order valence-corrected chi connectivity index (χ4v) is 3.20. The number of nitrogens with one attached hydrogen (secondary N) is 1. The Kier molecular flexibility index (Phi) is 7.06. The van der Waals surface area contributed by atoms with Crippen LogP contribution in [0.4, 0.5) is 5.69 Å². The zero-order chi connectivity index (χ0) is 18.4. The predicted octanol–water partition coefficient (Wildman–Crippen LogP) is 5.73. The Morgan fingerprint density at radius 1 is 1.16 bits per heavy atom. The minimum absolute atomic E-state index is 0.00619. The van der Waals surface area contributed by atoms with Gasteiger partial charge in [-0.05, 0) is 90.0 Å². The normalized spacial score (nSPS) is 10.6. The fraction of sp³-hybridized carbons (Fsp3) is 0.381. The number of amides is 1. The highest BCUT2D eigenvalue weighted by Gasteiger charge is 2.10. The van der Waals surface area contributed by atoms with Crippen LogP contribution in [-0.2, 0) is 11.2 Å². The minimum atomic E-state index is -0.166. The fourth-order valence-electron chi connectivity index (χ4n) is 2.68. The smallest absolute Gasteiger partial charge is 0.262 e. The Balaban J connectivity index is 1.97. The van der Waals surface area contributed by atoms with E-state index in [0.29, 0.717) is 0 Å². The summed E-state index contributed by atoms with van der Waals surface area (Å²) >= 11 is 3.54. The molecule has 0 heterocycles. The van der Waals surface area contributed by atoms with Crippen molar-refractivity contribution >= 4 is 27.5 Å². The first-order valence-electron chi connectivity index (χ1n) is 8.69. The molecule has 0 bridgehead atoms. The van der Waals surface area contributed by atoms with E-state index in [4.69, 9.17) is 4.74 Å². The number of hydrogen-bond donors (Lipinski definition) is 1. The van der Waals surface area contributed by atoms with Crippen LogP contribution < -0.4 is 10.1 Å². The number of halogens is 1. The van der Waals surface area contributed by atoms with Crippen molar-refractivity contribution < 1.29 is 9.53 Å². The molecule has 2 aromatic carbocycles. The van der Waals surface area contributed by atoms with E-state index < -0.39 is 0 Å². The number of rotatable bonds is 7. The van der Waals surface area contributed by atoms with Gasteiger partial charge in [0.2, 0.25) is 0 Å². The number of unbranched alkanes of at least 4 members (excludes halogenated alkanes) is 1. The van der Waals surface area contributed by atoms with Crippen LogP contribution in [0.25, 0.3) is 0 Å². The van der Waals surface area contributed by atoms with E-state index in [9.17, 15) is 4.79 Å². The van der Waals surface area contributed by atoms with Gasteiger partial charge in [-0.15, -0.1) is 0 Å². The van der Waals surface area contributed by atoms with Crippen molar-refractivity contribution in [2.75, 3.05) is 11.9 Å². The molecule has 0 radical (unpaired) electrons. The molecule has 1 amide bonds. The molecule has 3 nitrogen and oxygen atoms in total. The molecule has 2 aromatic rings. The minimum Gasteiger partial charge on any atom is -0.483 e. The highest BCUT2D eigenvalue weighted by atomic mass is 79.9. The number of carbonyl (C=O) groups excluding carboxylic acids is 1. The molecular weight excluding hydrogens is 378 g/mol. The third-order valence-electron chi connectivity index (χ3n) is 4.25. The zero-order valence-electron chi connectivity index (χ0n) is 15.4. The second kappa shape index (κ2) is 9.04. The zero-order valence-corrected chi connectivity index (χ0v) is 17.0. The topological polar surface area (TPSA) is 38.3 Å². The van der Waals surface area contributed by atoms with Gasteiger partial charge in [0.1, 0.15) is 5.75 Å². The van der Waals surface area contributed by atoms with Gasteiger partial charge >= 0.3 is 0 Å². The number of hydrogen-bond acceptors (Lipinski definition) is 2. The van der Waals surface area contributed by atoms with Crippen LogP contribution in [-0.4, -0.2) is 12.5 Å². The van der Waals surface area contributed by atoms with Crippen LogP contribution in [0.15, 0.2) is 34.8 Å². The molecule has 4 heteroatoms. The van der Waals surface area contributed by atoms with E-state index in [1.54, 1.807) is 0 Å². The second-order valence-corrected chi connectivity index (χ2v) is 7.31. The summed E-state index contributed by atoms with van der Waals surface area (Å²) in [7, 11) is 0. The Hall–Kier alpha value is -1.81. The third-order valence-corrected chi connectivity index (χ3v) is 4.91. The van der Waals surface area contributed by atoms with Crippen molar-refractivity contribution in [3.8, 4) is 5.75 Å². The summed E-state index contributed by atoms with van der Waals surface area (Å²) in [4.78, 5) is 12.2. The third kappa shape index (κ3) is 5.60. The van der Waals surface area contributed by atoms with Crippen LogP contribution in [0.5, 0.6) is 5.75 Å². The molecular formula is C21H26BrNO2. The van der Waals surface area contributed by atoms with Crippen molar-refractivity contribution in [3.63, 3.8) is 0 Å². The molecule has 2 rings (SSSR count). The predicted molar refractivity (Wildman–Crippen MR) is 108 cm³/mol. The summed E-state index contributed by atoms with van der Waals surface area (Å²) in [5, 5.41) is 2.90. The summed E-state index contributed by atoms with van der Waals surface area (Å²) in [6.07, 6.45) is 3.39. The van der Waals surface area contributed by atoms with Crippen LogP contribution >= 0.6 is 15.9 Å². The van der Waals surface area contributed by atoms with Gasteiger partial charge < -0.3 is 10.1 Å². The molecule has 134 valence electrons. The molecule has 1 N–H and O–H groups in total. The number of aryl methyl sites for hydroxylation is 3. The summed E-state index contributed by atoms with van der Waals surface area (Å²) in [5.74, 6) is 0.599. The number of carbonyl (C=O) groups is 1. The first-order valence-corrected chi connectivity index (χ1v) is 9.49. The summed E-state index contributed by atoms with van der Waals surface area (Å²) in [6, 6.07) is 10.1. The Morgan fingerprint density at radius 2 is 1.92 bits per heavy atom. The average Bonchev–Trinajstić information content (AvgIpc) is 2.57. The van der Waals surface area contributed by atoms with Crippen molar-refractivity contribution in [1.29, 1.82) is 0 Å². The Labute approximate surface area is 158 Å². The molecule has 0 unspecified atom stereocenters. The van der Waals surface area contributed by atoms with E-state index >= 15 is 0 Å². The molecule has 0 atom stereocenters. The molecule has 25 heavy (non-hydrogen) atoms. The lowest BCUT2D eigenvalue weighted by Gasteiger charge is -2.13. The maximum Gasteiger partial charge on any atom is 0.262 e. The first-order chi connectivity index (χ1) is 11.9. The van der Waals surface area contributed by atoms with Gasteiger partial charge in [0.05, 0.1) is 5.69 Å². The van der Waals surface area contributed by atoms with E-state index in [2.05, 4.69) is 46.4 Å². The van der Waals surface area contributed by atoms with Gasteiger partial charge in [-0.25, -0.2) is 0 Å². The summed E-state index contributed by atoms with van der Waals surface area (Å²) in [6.45, 7) is 8.26. The van der Waals surface area contributed by atoms with Crippen molar-refractivity contribution in [2.45, 2.75) is 47.0 Å².